The van der Waals surface area contributed by atoms with Crippen molar-refractivity contribution in [2.75, 3.05) is 85.8 Å². The summed E-state index contributed by atoms with van der Waals surface area (Å²) in [6, 6.07) is 0.0182. The second kappa shape index (κ2) is 21.3. The number of ether oxygens (including phenoxy) is 6. The van der Waals surface area contributed by atoms with E-state index >= 15 is 0 Å². The van der Waals surface area contributed by atoms with Crippen LogP contribution in [0.1, 0.15) is 41.0 Å². The lowest BCUT2D eigenvalue weighted by molar-refractivity contribution is -0.137. The summed E-state index contributed by atoms with van der Waals surface area (Å²) in [6.07, 6.45) is 2.65. The predicted octanol–water partition coefficient (Wildman–Crippen LogP) is 0.457. The van der Waals surface area contributed by atoms with Gasteiger partial charge in [-0.25, -0.2) is 0 Å². The summed E-state index contributed by atoms with van der Waals surface area (Å²) in [4.78, 5) is 48.4. The molecule has 0 bridgehead atoms. The van der Waals surface area contributed by atoms with Crippen LogP contribution >= 0.6 is 0 Å². The van der Waals surface area contributed by atoms with Crippen LogP contribution in [0.3, 0.4) is 0 Å². The van der Waals surface area contributed by atoms with Crippen molar-refractivity contribution < 1.29 is 47.6 Å². The number of imide groups is 1. The summed E-state index contributed by atoms with van der Waals surface area (Å²) < 4.78 is 32.5. The van der Waals surface area contributed by atoms with E-state index < -0.39 is 5.54 Å². The van der Waals surface area contributed by atoms with E-state index in [0.29, 0.717) is 72.0 Å². The van der Waals surface area contributed by atoms with E-state index in [1.165, 1.54) is 12.2 Å². The molecule has 0 saturated carbocycles. The van der Waals surface area contributed by atoms with Crippen molar-refractivity contribution in [3.05, 3.63) is 12.2 Å². The minimum Gasteiger partial charge on any atom is -0.379 e. The van der Waals surface area contributed by atoms with Gasteiger partial charge < -0.3 is 39.1 Å². The van der Waals surface area contributed by atoms with Crippen molar-refractivity contribution in [1.29, 1.82) is 0 Å². The highest BCUT2D eigenvalue weighted by Gasteiger charge is 2.30. The number of hydrogen-bond donors (Lipinski definition) is 2. The molecule has 2 N–H and O–H groups in total. The highest BCUT2D eigenvalue weighted by molar-refractivity contribution is 6.12. The molecular weight excluding hydrogens is 538 g/mol. The zero-order valence-corrected chi connectivity index (χ0v) is 25.2. The van der Waals surface area contributed by atoms with Crippen molar-refractivity contribution in [3.8, 4) is 0 Å². The number of carbonyl (C=O) groups is 4. The maximum absolute atomic E-state index is 12.4. The van der Waals surface area contributed by atoms with Crippen LogP contribution in [-0.4, -0.2) is 126 Å². The zero-order valence-electron chi connectivity index (χ0n) is 25.2. The third kappa shape index (κ3) is 17.2. The van der Waals surface area contributed by atoms with Gasteiger partial charge >= 0.3 is 0 Å². The first-order chi connectivity index (χ1) is 19.5. The molecule has 41 heavy (non-hydrogen) atoms. The van der Waals surface area contributed by atoms with E-state index in [-0.39, 0.29) is 55.8 Å². The molecule has 0 aromatic rings. The van der Waals surface area contributed by atoms with Crippen LogP contribution in [0.2, 0.25) is 0 Å². The molecule has 0 aromatic heterocycles. The number of hydrogen-bond acceptors (Lipinski definition) is 10. The summed E-state index contributed by atoms with van der Waals surface area (Å²) >= 11 is 0. The first-order valence-corrected chi connectivity index (χ1v) is 14.2. The van der Waals surface area contributed by atoms with Gasteiger partial charge in [0.1, 0.15) is 5.54 Å². The number of rotatable bonds is 25. The third-order valence-corrected chi connectivity index (χ3v) is 6.07. The molecule has 1 heterocycles. The van der Waals surface area contributed by atoms with Crippen LogP contribution in [0.25, 0.3) is 0 Å². The molecule has 0 saturated heterocycles. The lowest BCUT2D eigenvalue weighted by Crippen LogP contribution is -2.57. The van der Waals surface area contributed by atoms with Crippen LogP contribution in [0.15, 0.2) is 12.2 Å². The van der Waals surface area contributed by atoms with Crippen molar-refractivity contribution in [2.45, 2.75) is 52.6 Å². The Balaban J connectivity index is 1.82. The fraction of sp³-hybridized carbons (Fsp3) is 0.786. The molecule has 0 unspecified atom stereocenters. The highest BCUT2D eigenvalue weighted by atomic mass is 16.6. The van der Waals surface area contributed by atoms with Gasteiger partial charge in [-0.1, -0.05) is 13.8 Å². The van der Waals surface area contributed by atoms with Crippen molar-refractivity contribution >= 4 is 23.6 Å². The minimum atomic E-state index is -1.00. The zero-order chi connectivity index (χ0) is 30.5. The number of amides is 4. The van der Waals surface area contributed by atoms with E-state index in [9.17, 15) is 19.2 Å². The topological polar surface area (TPSA) is 151 Å². The fourth-order valence-electron chi connectivity index (χ4n) is 3.20. The first kappa shape index (κ1) is 36.6. The molecule has 0 radical (unpaired) electrons. The van der Waals surface area contributed by atoms with E-state index in [1.807, 2.05) is 20.8 Å². The highest BCUT2D eigenvalue weighted by Crippen LogP contribution is 2.07. The van der Waals surface area contributed by atoms with Gasteiger partial charge in [-0.3, -0.25) is 24.1 Å². The van der Waals surface area contributed by atoms with Crippen LogP contribution < -0.4 is 10.6 Å². The molecule has 0 aliphatic carbocycles. The molecule has 0 spiro atoms. The van der Waals surface area contributed by atoms with Gasteiger partial charge in [0.05, 0.1) is 85.8 Å². The van der Waals surface area contributed by atoms with Crippen molar-refractivity contribution in [3.63, 3.8) is 0 Å². The Morgan fingerprint density at radius 2 is 1.10 bits per heavy atom. The molecule has 0 aromatic carbocycles. The molecule has 4 amide bonds. The Labute approximate surface area is 243 Å². The summed E-state index contributed by atoms with van der Waals surface area (Å²) in [6.45, 7) is 14.1. The van der Waals surface area contributed by atoms with Gasteiger partial charge in [-0.2, -0.15) is 0 Å². The van der Waals surface area contributed by atoms with Gasteiger partial charge in [-0.05, 0) is 26.7 Å². The SMILES string of the molecule is CC(C)[C@@H](C)NC(=O)C(C)(C)NC(=O)CCOCCOCCOCCOCCOCCOCCN1C(=O)C=CC1=O. The summed E-state index contributed by atoms with van der Waals surface area (Å²) in [5.41, 5.74) is -1.00. The smallest absolute Gasteiger partial charge is 0.253 e. The normalized spacial score (nSPS) is 14.2. The summed E-state index contributed by atoms with van der Waals surface area (Å²) in [7, 11) is 0. The Hall–Kier alpha value is -2.42. The molecule has 1 atom stereocenters. The number of carbonyl (C=O) groups excluding carboxylic acids is 4. The molecule has 0 fully saturated rings. The molecule has 1 aliphatic heterocycles. The van der Waals surface area contributed by atoms with Crippen molar-refractivity contribution in [1.82, 2.24) is 15.5 Å². The van der Waals surface area contributed by atoms with E-state index in [2.05, 4.69) is 10.6 Å². The van der Waals surface area contributed by atoms with Crippen LogP contribution in [0.5, 0.6) is 0 Å². The standard InChI is InChI=1S/C28H49N3O10/c1-22(2)23(3)29-27(35)28(4,5)30-24(32)8-10-36-12-14-38-16-18-40-20-21-41-19-17-39-15-13-37-11-9-31-25(33)6-7-26(31)34/h6-7,22-23H,8-21H2,1-5H3,(H,29,35)(H,30,32)/t23-/m1/s1. The van der Waals surface area contributed by atoms with Gasteiger partial charge in [0, 0.05) is 24.6 Å². The maximum Gasteiger partial charge on any atom is 0.253 e. The molecule has 1 rings (SSSR count). The molecule has 236 valence electrons. The van der Waals surface area contributed by atoms with E-state index in [0.717, 1.165) is 4.90 Å². The van der Waals surface area contributed by atoms with Crippen LogP contribution in [0.4, 0.5) is 0 Å². The van der Waals surface area contributed by atoms with Gasteiger partial charge in [0.2, 0.25) is 11.8 Å². The van der Waals surface area contributed by atoms with E-state index in [1.54, 1.807) is 13.8 Å². The third-order valence-electron chi connectivity index (χ3n) is 6.07. The lowest BCUT2D eigenvalue weighted by atomic mass is 10.0. The van der Waals surface area contributed by atoms with E-state index in [4.69, 9.17) is 28.4 Å². The Morgan fingerprint density at radius 3 is 1.51 bits per heavy atom. The first-order valence-electron chi connectivity index (χ1n) is 14.2. The maximum atomic E-state index is 12.4. The molecular formula is C28H49N3O10. The molecule has 13 heteroatoms. The molecule has 1 aliphatic rings. The van der Waals surface area contributed by atoms with Gasteiger partial charge in [0.25, 0.3) is 11.8 Å². The predicted molar refractivity (Wildman–Crippen MR) is 150 cm³/mol. The monoisotopic (exact) mass is 587 g/mol. The largest absolute Gasteiger partial charge is 0.379 e. The quantitative estimate of drug-likeness (QED) is 0.114. The van der Waals surface area contributed by atoms with Gasteiger partial charge in [0.15, 0.2) is 0 Å². The van der Waals surface area contributed by atoms with Crippen molar-refractivity contribution in [2.24, 2.45) is 5.92 Å². The minimum absolute atomic E-state index is 0.0182. The number of nitrogens with zero attached hydrogens (tertiary/aromatic N) is 1. The summed E-state index contributed by atoms with van der Waals surface area (Å²) in [5, 5.41) is 5.67. The average molecular weight is 588 g/mol. The van der Waals surface area contributed by atoms with Gasteiger partial charge in [-0.15, -0.1) is 0 Å². The Kier molecular flexibility index (Phi) is 19.0. The second-order valence-corrected chi connectivity index (χ2v) is 10.3. The molecule has 13 nitrogen and oxygen atoms in total. The average Bonchev–Trinajstić information content (AvgIpc) is 3.23. The van der Waals surface area contributed by atoms with Crippen LogP contribution in [0, 0.1) is 5.92 Å². The second-order valence-electron chi connectivity index (χ2n) is 10.3. The number of nitrogens with one attached hydrogen (secondary N) is 2. The van der Waals surface area contributed by atoms with Crippen LogP contribution in [-0.2, 0) is 47.6 Å². The Bertz CT molecular complexity index is 801. The fourth-order valence-corrected chi connectivity index (χ4v) is 3.20. The summed E-state index contributed by atoms with van der Waals surface area (Å²) in [5.74, 6) is -0.793. The Morgan fingerprint density at radius 1 is 0.707 bits per heavy atom. The lowest BCUT2D eigenvalue weighted by Gasteiger charge is -2.28.